The lowest BCUT2D eigenvalue weighted by Gasteiger charge is -2.44. The second kappa shape index (κ2) is 38.1. The number of methoxy groups -OCH3 is 1. The number of aryl methyl sites for hydroxylation is 1. The molecule has 1 aromatic heterocycles. The molecule has 6 aromatic rings. The number of hydrogen-bond acceptors (Lipinski definition) is 26. The number of azo groups is 2. The maximum Gasteiger partial charge on any atom is 0.269 e. The van der Waals surface area contributed by atoms with E-state index in [2.05, 4.69) is 46.7 Å². The third kappa shape index (κ3) is 21.5. The number of nitrogens with one attached hydrogen (secondary N) is 3. The zero-order valence-electron chi connectivity index (χ0n) is 61.7. The number of unbranched alkanes of at least 4 members (excludes halogenated alkanes) is 4. The lowest BCUT2D eigenvalue weighted by molar-refractivity contribution is -0.384. The highest BCUT2D eigenvalue weighted by atomic mass is 16.8. The Morgan fingerprint density at radius 1 is 0.787 bits per heavy atom. The van der Waals surface area contributed by atoms with Gasteiger partial charge < -0.3 is 84.2 Å². The first-order valence-corrected chi connectivity index (χ1v) is 35.3. The monoisotopic (exact) mass is 1490 g/mol. The van der Waals surface area contributed by atoms with E-state index in [0.29, 0.717) is 113 Å². The van der Waals surface area contributed by atoms with E-state index < -0.39 is 77.6 Å². The summed E-state index contributed by atoms with van der Waals surface area (Å²) in [6.07, 6.45) is -3.06. The number of aromatic nitrogens is 3. The Labute approximate surface area is 623 Å². The SMILES string of the molecule is COc1cc(N=Nc2ccc(N(C)CCCC(=O)NCc3cn(CCOCCO[C@H](O[C@@H]4O[C@H](CO)[C@@H](O)[C@H](O)[C@H]4NC(C)=O)[C@@](C)(O)C(=O)CCCCCCCNC(=O)c4ccc(-c5c6ccc(=[N+](C)C)cc-6oc6cc(N(C)C)ccc56)c(C(=O)[O-])c4)nn3)cc2)c(C)cc1N=Nc1ccc([N+](=O)[O-])cc1. The summed E-state index contributed by atoms with van der Waals surface area (Å²) in [7, 11) is 11.1. The summed E-state index contributed by atoms with van der Waals surface area (Å²) in [5.41, 5.74) is 4.88. The van der Waals surface area contributed by atoms with E-state index in [0.717, 1.165) is 29.2 Å². The number of Topliss-reactive ketones (excluding diaryl/α,β-unsaturated/α-hetero) is 1. The summed E-state index contributed by atoms with van der Waals surface area (Å²) in [4.78, 5) is 79.9. The van der Waals surface area contributed by atoms with Crippen LogP contribution in [-0.4, -0.2) is 194 Å². The minimum absolute atomic E-state index is 0.0510. The maximum atomic E-state index is 13.9. The van der Waals surface area contributed by atoms with E-state index in [4.69, 9.17) is 28.1 Å². The molecule has 0 unspecified atom stereocenters. The number of nitro groups is 1. The van der Waals surface area contributed by atoms with Crippen LogP contribution in [0.25, 0.3) is 33.4 Å². The molecule has 7 N–H and O–H groups in total. The second-order valence-corrected chi connectivity index (χ2v) is 26.7. The van der Waals surface area contributed by atoms with Crippen molar-refractivity contribution in [2.45, 2.75) is 128 Å². The number of nitrogens with zero attached hydrogens (tertiary/aromatic N) is 11. The molecule has 3 amide bonds. The molecule has 574 valence electrons. The van der Waals surface area contributed by atoms with Gasteiger partial charge in [-0.1, -0.05) is 30.5 Å². The van der Waals surface area contributed by atoms with Crippen molar-refractivity contribution in [2.75, 3.05) is 91.7 Å². The third-order valence-electron chi connectivity index (χ3n) is 18.2. The van der Waals surface area contributed by atoms with Crippen LogP contribution in [0.15, 0.2) is 146 Å². The van der Waals surface area contributed by atoms with E-state index in [9.17, 15) is 59.6 Å². The van der Waals surface area contributed by atoms with Crippen LogP contribution in [0.5, 0.6) is 5.75 Å². The van der Waals surface area contributed by atoms with Crippen molar-refractivity contribution in [3.8, 4) is 28.2 Å². The van der Waals surface area contributed by atoms with Crippen LogP contribution < -0.4 is 45.5 Å². The molecule has 0 radical (unpaired) electrons. The van der Waals surface area contributed by atoms with Crippen molar-refractivity contribution < 1.29 is 82.5 Å². The normalized spacial score (nSPS) is 16.7. The quantitative estimate of drug-likeness (QED) is 0.00381. The summed E-state index contributed by atoms with van der Waals surface area (Å²) in [5.74, 6) is -2.45. The number of amides is 3. The highest BCUT2D eigenvalue weighted by Gasteiger charge is 2.50. The molecule has 3 aliphatic rings. The molecule has 1 saturated heterocycles. The van der Waals surface area contributed by atoms with E-state index in [-0.39, 0.29) is 75.0 Å². The van der Waals surface area contributed by atoms with Crippen LogP contribution in [0.1, 0.15) is 97.2 Å². The number of fused-ring (bicyclic) bond motifs is 2. The standard InChI is InChI=1S/C76H92N14O18/c1-46-38-61(84-81-50-21-25-53(26-22-50)90(101)102)64(103-9)42-60(46)83-80-49-19-23-52(24-20-49)88(8)33-15-17-67(94)78-43-51-44-89(85-82-51)34-35-104-36-37-105-75(108-74-69(79-47(2)92)71(96)70(95)65(45-91)107-74)76(3,100)66(93)16-13-11-10-12-14-32-77-72(97)48-18-29-56(59(39-48)73(98)99)68-57-30-27-54(86(4)5)40-62(57)106-63-41-55(87(6)7)28-31-58(63)68/h18-31,38-42,44,65,69-71,74-75,91,95-96,100H,10-17,32-37,43,45H2,1-9H3,(H3-,77,78,79,92,94,97,98,99)/t65-,69-,70-,71-,74+,75-,76+/m1/s1. The molecule has 0 saturated carbocycles. The summed E-state index contributed by atoms with van der Waals surface area (Å²) in [6.45, 7) is 4.47. The molecule has 7 atom stereocenters. The lowest BCUT2D eigenvalue weighted by Crippen LogP contribution is -2.66. The van der Waals surface area contributed by atoms with E-state index in [1.165, 1.54) is 49.0 Å². The van der Waals surface area contributed by atoms with Gasteiger partial charge in [0.1, 0.15) is 66.9 Å². The van der Waals surface area contributed by atoms with Gasteiger partial charge >= 0.3 is 0 Å². The van der Waals surface area contributed by atoms with Gasteiger partial charge in [-0.15, -0.1) is 10.2 Å². The number of benzene rings is 6. The average molecular weight is 1490 g/mol. The van der Waals surface area contributed by atoms with Crippen molar-refractivity contribution in [1.29, 1.82) is 0 Å². The molecular formula is C76H92N14O18. The Balaban J connectivity index is 0.700. The molecule has 1 fully saturated rings. The number of nitro benzene ring substituents is 1. The fourth-order valence-corrected chi connectivity index (χ4v) is 12.0. The average Bonchev–Trinajstić information content (AvgIpc) is 0.869. The molecule has 32 nitrogen and oxygen atoms in total. The Hall–Kier alpha value is -10.8. The minimum atomic E-state index is -2.36. The number of carbonyl (C=O) groups excluding carboxylic acids is 5. The molecular weight excluding hydrogens is 1400 g/mol. The van der Waals surface area contributed by atoms with Crippen LogP contribution >= 0.6 is 0 Å². The van der Waals surface area contributed by atoms with E-state index >= 15 is 0 Å². The molecule has 32 heteroatoms. The minimum Gasteiger partial charge on any atom is -0.545 e. The number of aliphatic hydroxyl groups is 4. The number of hydrogen-bond donors (Lipinski definition) is 7. The predicted molar refractivity (Wildman–Crippen MR) is 397 cm³/mol. The van der Waals surface area contributed by atoms with Gasteiger partial charge in [0.25, 0.3) is 11.6 Å². The number of rotatable bonds is 38. The largest absolute Gasteiger partial charge is 0.545 e. The van der Waals surface area contributed by atoms with Crippen molar-refractivity contribution in [3.05, 3.63) is 159 Å². The summed E-state index contributed by atoms with van der Waals surface area (Å²) in [5, 5.41) is 103. The summed E-state index contributed by atoms with van der Waals surface area (Å²) >= 11 is 0. The molecule has 3 heterocycles. The van der Waals surface area contributed by atoms with Gasteiger partial charge in [-0.25, -0.2) is 9.26 Å². The number of carboxylic acids is 1. The Morgan fingerprint density at radius 3 is 2.17 bits per heavy atom. The van der Waals surface area contributed by atoms with Gasteiger partial charge in [0.15, 0.2) is 24.0 Å². The van der Waals surface area contributed by atoms with Gasteiger partial charge in [0.2, 0.25) is 17.2 Å². The van der Waals surface area contributed by atoms with Crippen molar-refractivity contribution >= 4 is 80.3 Å². The number of non-ortho nitro benzene ring substituents is 1. The topological polar surface area (TPSA) is 417 Å². The van der Waals surface area contributed by atoms with Crippen molar-refractivity contribution in [3.63, 3.8) is 0 Å². The number of aromatic carboxylic acids is 1. The smallest absolute Gasteiger partial charge is 0.269 e. The first kappa shape index (κ1) is 81.2. The van der Waals surface area contributed by atoms with Crippen LogP contribution in [-0.2, 0) is 46.4 Å². The predicted octanol–water partition coefficient (Wildman–Crippen LogP) is 7.26. The number of ketones is 1. The maximum absolute atomic E-state index is 13.9. The van der Waals surface area contributed by atoms with Crippen LogP contribution in [0.2, 0.25) is 0 Å². The van der Waals surface area contributed by atoms with Crippen molar-refractivity contribution in [2.24, 2.45) is 20.5 Å². The van der Waals surface area contributed by atoms with Crippen LogP contribution in [0, 0.1) is 17.0 Å². The van der Waals surface area contributed by atoms with Gasteiger partial charge in [-0.2, -0.15) is 15.3 Å². The van der Waals surface area contributed by atoms with Crippen LogP contribution in [0.4, 0.5) is 39.8 Å². The van der Waals surface area contributed by atoms with Crippen molar-refractivity contribution in [1.82, 2.24) is 35.5 Å². The first-order chi connectivity index (χ1) is 51.7. The van der Waals surface area contributed by atoms with Crippen LogP contribution in [0.3, 0.4) is 0 Å². The van der Waals surface area contributed by atoms with Gasteiger partial charge in [0, 0.05) is 123 Å². The second-order valence-electron chi connectivity index (χ2n) is 26.7. The lowest BCUT2D eigenvalue weighted by atomic mass is 9.89. The molecule has 0 bridgehead atoms. The zero-order valence-corrected chi connectivity index (χ0v) is 61.7. The molecule has 2 aliphatic heterocycles. The Morgan fingerprint density at radius 2 is 1.48 bits per heavy atom. The number of carbonyl (C=O) groups is 5. The fourth-order valence-electron chi connectivity index (χ4n) is 12.0. The molecule has 0 spiro atoms. The van der Waals surface area contributed by atoms with E-state index in [1.807, 2.05) is 117 Å². The van der Waals surface area contributed by atoms with Gasteiger partial charge in [-0.3, -0.25) is 29.3 Å². The molecule has 9 rings (SSSR count). The van der Waals surface area contributed by atoms with Gasteiger partial charge in [-0.05, 0) is 117 Å². The highest BCUT2D eigenvalue weighted by Crippen LogP contribution is 2.43. The first-order valence-electron chi connectivity index (χ1n) is 35.3. The molecule has 1 aliphatic carbocycles. The number of anilines is 2. The summed E-state index contributed by atoms with van der Waals surface area (Å²) in [6, 6.07) is 31.1. The van der Waals surface area contributed by atoms with Gasteiger partial charge in [0.05, 0.1) is 86.8 Å². The number of aliphatic hydroxyl groups excluding tert-OH is 3. The number of ether oxygens (including phenoxy) is 5. The Kier molecular flexibility index (Phi) is 28.7. The third-order valence-corrected chi connectivity index (χ3v) is 18.2. The summed E-state index contributed by atoms with van der Waals surface area (Å²) < 4.78 is 39.0. The Bertz CT molecular complexity index is 4560. The van der Waals surface area contributed by atoms with E-state index in [1.54, 1.807) is 30.5 Å². The zero-order chi connectivity index (χ0) is 77.8. The fraction of sp³-hybridized carbons (Fsp3) is 0.421. The highest BCUT2D eigenvalue weighted by molar-refractivity contribution is 6.09. The number of carboxylic acid groups (broad SMARTS) is 1. The molecule has 5 aromatic carbocycles. The molecule has 108 heavy (non-hydrogen) atoms.